The second-order valence-corrected chi connectivity index (χ2v) is 10.4. The summed E-state index contributed by atoms with van der Waals surface area (Å²) in [5, 5.41) is 9.00. The van der Waals surface area contributed by atoms with E-state index in [0.717, 1.165) is 23.7 Å². The molecule has 0 spiro atoms. The maximum Gasteiger partial charge on any atom is 0.327 e. The van der Waals surface area contributed by atoms with Gasteiger partial charge in [-0.3, -0.25) is 0 Å². The maximum absolute atomic E-state index is 10.9. The largest absolute Gasteiger partial charge is 0.478 e. The zero-order valence-electron chi connectivity index (χ0n) is 16.8. The summed E-state index contributed by atoms with van der Waals surface area (Å²) >= 11 is 0. The van der Waals surface area contributed by atoms with Crippen LogP contribution in [-0.2, 0) is 4.79 Å². The fourth-order valence-corrected chi connectivity index (χ4v) is 8.11. The fourth-order valence-electron chi connectivity index (χ4n) is 8.11. The normalized spacial score (nSPS) is 48.7. The minimum absolute atomic E-state index is 0.377. The molecule has 1 N–H and O–H groups in total. The Labute approximate surface area is 159 Å². The Balaban J connectivity index is 1.56. The van der Waals surface area contributed by atoms with Crippen LogP contribution in [0.1, 0.15) is 72.1 Å². The Hall–Kier alpha value is -1.05. The fraction of sp³-hybridized carbons (Fsp3) is 0.792. The second kappa shape index (κ2) is 6.53. The highest BCUT2D eigenvalue weighted by atomic mass is 16.4. The third kappa shape index (κ3) is 2.70. The van der Waals surface area contributed by atoms with E-state index in [1.54, 1.807) is 0 Å². The van der Waals surface area contributed by atoms with Crippen molar-refractivity contribution in [3.63, 3.8) is 0 Å². The molecule has 0 bridgehead atoms. The van der Waals surface area contributed by atoms with Crippen molar-refractivity contribution in [3.05, 3.63) is 24.3 Å². The second-order valence-electron chi connectivity index (χ2n) is 10.4. The van der Waals surface area contributed by atoms with Crippen molar-refractivity contribution in [2.24, 2.45) is 46.3 Å². The molecule has 4 aliphatic carbocycles. The number of aliphatic carboxylic acids is 1. The molecular weight excluding hydrogens is 320 g/mol. The molecule has 3 fully saturated rings. The summed E-state index contributed by atoms with van der Waals surface area (Å²) < 4.78 is 0. The molecule has 2 heteroatoms. The number of carboxylic acid groups (broad SMARTS) is 1. The molecule has 0 aliphatic heterocycles. The Bertz CT molecular complexity index is 620. The van der Waals surface area contributed by atoms with Gasteiger partial charge in [0, 0.05) is 6.08 Å². The predicted octanol–water partition coefficient (Wildman–Crippen LogP) is 6.09. The number of hydrogen-bond acceptors (Lipinski definition) is 1. The molecule has 0 radical (unpaired) electrons. The van der Waals surface area contributed by atoms with Crippen LogP contribution in [0.25, 0.3) is 0 Å². The van der Waals surface area contributed by atoms with Crippen LogP contribution in [0.15, 0.2) is 24.3 Å². The van der Waals surface area contributed by atoms with E-state index in [9.17, 15) is 4.79 Å². The first-order valence-electron chi connectivity index (χ1n) is 10.9. The number of fused-ring (bicyclic) bond motifs is 5. The standard InChI is InChI=1S/C24H36O2/c1-16(7-12-22(25)26)19-10-11-20-18-9-8-17-6-4-5-14-23(17,2)21(18)13-15-24(19,20)3/h4-5,7,12,16-21H,6,8-11,13-15H2,1-3H3,(H,25,26)/t16-,17?,18+,19-,20+,21+,23+,24-/m1/s1. The van der Waals surface area contributed by atoms with E-state index >= 15 is 0 Å². The molecule has 144 valence electrons. The molecule has 8 atom stereocenters. The third-order valence-electron chi connectivity index (χ3n) is 9.46. The molecule has 1 unspecified atom stereocenters. The van der Waals surface area contributed by atoms with Crippen molar-refractivity contribution in [3.8, 4) is 0 Å². The zero-order chi connectivity index (χ0) is 18.5. The summed E-state index contributed by atoms with van der Waals surface area (Å²) in [6, 6.07) is 0. The molecule has 26 heavy (non-hydrogen) atoms. The van der Waals surface area contributed by atoms with E-state index < -0.39 is 5.97 Å². The number of carbonyl (C=O) groups is 1. The van der Waals surface area contributed by atoms with E-state index in [1.165, 1.54) is 57.4 Å². The number of rotatable bonds is 3. The van der Waals surface area contributed by atoms with Crippen molar-refractivity contribution in [2.45, 2.75) is 72.1 Å². The van der Waals surface area contributed by atoms with Crippen molar-refractivity contribution < 1.29 is 9.90 Å². The number of hydrogen-bond donors (Lipinski definition) is 1. The van der Waals surface area contributed by atoms with Crippen LogP contribution in [-0.4, -0.2) is 11.1 Å². The van der Waals surface area contributed by atoms with Gasteiger partial charge in [0.25, 0.3) is 0 Å². The van der Waals surface area contributed by atoms with Gasteiger partial charge in [-0.05, 0) is 97.7 Å². The monoisotopic (exact) mass is 356 g/mol. The first-order valence-corrected chi connectivity index (χ1v) is 10.9. The minimum atomic E-state index is -0.808. The van der Waals surface area contributed by atoms with Crippen LogP contribution < -0.4 is 0 Å². The van der Waals surface area contributed by atoms with E-state index in [4.69, 9.17) is 5.11 Å². The van der Waals surface area contributed by atoms with Gasteiger partial charge in [0.1, 0.15) is 0 Å². The van der Waals surface area contributed by atoms with E-state index in [2.05, 4.69) is 32.9 Å². The highest BCUT2D eigenvalue weighted by molar-refractivity contribution is 5.79. The molecule has 4 aliphatic rings. The van der Waals surface area contributed by atoms with E-state index in [-0.39, 0.29) is 0 Å². The van der Waals surface area contributed by atoms with Crippen LogP contribution in [0, 0.1) is 46.3 Å². The lowest BCUT2D eigenvalue weighted by Crippen LogP contribution is -2.52. The highest BCUT2D eigenvalue weighted by Gasteiger charge is 2.59. The van der Waals surface area contributed by atoms with Gasteiger partial charge in [-0.2, -0.15) is 0 Å². The third-order valence-corrected chi connectivity index (χ3v) is 9.46. The molecular formula is C24H36O2. The molecule has 0 saturated heterocycles. The van der Waals surface area contributed by atoms with Gasteiger partial charge in [0.2, 0.25) is 0 Å². The van der Waals surface area contributed by atoms with Crippen LogP contribution in [0.4, 0.5) is 0 Å². The zero-order valence-corrected chi connectivity index (χ0v) is 16.8. The Morgan fingerprint density at radius 2 is 1.85 bits per heavy atom. The Morgan fingerprint density at radius 1 is 1.08 bits per heavy atom. The van der Waals surface area contributed by atoms with Gasteiger partial charge < -0.3 is 5.11 Å². The van der Waals surface area contributed by atoms with E-state index in [1.807, 2.05) is 6.08 Å². The summed E-state index contributed by atoms with van der Waals surface area (Å²) in [7, 11) is 0. The molecule has 0 amide bonds. The predicted molar refractivity (Wildman–Crippen MR) is 106 cm³/mol. The SMILES string of the molecule is C[C@H](C=CC(=O)O)[C@H]1CC[C@H]2[C@@H]3CCC4CC=CC[C@]4(C)[C@H]3CC[C@]12C. The van der Waals surface area contributed by atoms with Crippen molar-refractivity contribution in [1.29, 1.82) is 0 Å². The van der Waals surface area contributed by atoms with Crippen molar-refractivity contribution in [2.75, 3.05) is 0 Å². The molecule has 0 aromatic rings. The quantitative estimate of drug-likeness (QED) is 0.491. The lowest BCUT2D eigenvalue weighted by Gasteiger charge is -2.60. The molecule has 4 rings (SSSR count). The molecule has 0 aromatic carbocycles. The lowest BCUT2D eigenvalue weighted by atomic mass is 9.45. The average molecular weight is 357 g/mol. The van der Waals surface area contributed by atoms with Crippen LogP contribution >= 0.6 is 0 Å². The summed E-state index contributed by atoms with van der Waals surface area (Å²) in [4.78, 5) is 10.9. The van der Waals surface area contributed by atoms with Gasteiger partial charge in [-0.1, -0.05) is 39.0 Å². The van der Waals surface area contributed by atoms with Gasteiger partial charge in [0.05, 0.1) is 0 Å². The van der Waals surface area contributed by atoms with Gasteiger partial charge in [0.15, 0.2) is 0 Å². The maximum atomic E-state index is 10.9. The molecule has 0 heterocycles. The molecule has 0 aromatic heterocycles. The summed E-state index contributed by atoms with van der Waals surface area (Å²) in [5.74, 6) is 3.80. The Morgan fingerprint density at radius 3 is 2.62 bits per heavy atom. The van der Waals surface area contributed by atoms with Crippen molar-refractivity contribution >= 4 is 5.97 Å². The Kier molecular flexibility index (Phi) is 4.60. The number of allylic oxidation sites excluding steroid dienone is 3. The first-order chi connectivity index (χ1) is 12.4. The lowest BCUT2D eigenvalue weighted by molar-refractivity contribution is -0.131. The molecule has 3 saturated carbocycles. The van der Waals surface area contributed by atoms with Crippen LogP contribution in [0.5, 0.6) is 0 Å². The average Bonchev–Trinajstić information content (AvgIpc) is 2.96. The highest BCUT2D eigenvalue weighted by Crippen LogP contribution is 2.67. The van der Waals surface area contributed by atoms with Gasteiger partial charge in [-0.25, -0.2) is 4.79 Å². The van der Waals surface area contributed by atoms with E-state index in [0.29, 0.717) is 22.7 Å². The minimum Gasteiger partial charge on any atom is -0.478 e. The van der Waals surface area contributed by atoms with Gasteiger partial charge in [-0.15, -0.1) is 0 Å². The summed E-state index contributed by atoms with van der Waals surface area (Å²) in [6.45, 7) is 7.39. The summed E-state index contributed by atoms with van der Waals surface area (Å²) in [5.41, 5.74) is 0.947. The van der Waals surface area contributed by atoms with Crippen LogP contribution in [0.3, 0.4) is 0 Å². The molecule has 2 nitrogen and oxygen atoms in total. The smallest absolute Gasteiger partial charge is 0.327 e. The van der Waals surface area contributed by atoms with Crippen molar-refractivity contribution in [1.82, 2.24) is 0 Å². The first kappa shape index (κ1) is 18.3. The number of carboxylic acids is 1. The van der Waals surface area contributed by atoms with Crippen LogP contribution in [0.2, 0.25) is 0 Å². The van der Waals surface area contributed by atoms with Gasteiger partial charge >= 0.3 is 5.97 Å². The summed E-state index contributed by atoms with van der Waals surface area (Å²) in [6.07, 6.45) is 19.1. The topological polar surface area (TPSA) is 37.3 Å².